The summed E-state index contributed by atoms with van der Waals surface area (Å²) in [7, 11) is 1.37. The average molecular weight is 432 g/mol. The Labute approximate surface area is 182 Å². The van der Waals surface area contributed by atoms with Crippen molar-refractivity contribution in [2.75, 3.05) is 26.8 Å². The highest BCUT2D eigenvalue weighted by Crippen LogP contribution is 2.23. The summed E-state index contributed by atoms with van der Waals surface area (Å²) in [5, 5.41) is 7.44. The molecule has 0 saturated carbocycles. The molecule has 0 radical (unpaired) electrons. The van der Waals surface area contributed by atoms with Crippen LogP contribution < -0.4 is 10.5 Å². The third-order valence-electron chi connectivity index (χ3n) is 5.05. The molecule has 1 fully saturated rings. The molecule has 0 aromatic heterocycles. The first-order valence-corrected chi connectivity index (χ1v) is 9.51. The SMILES string of the molecule is COC(=O)C1CCCN(C(=O)COc2ccc(-c3ccc(C(=N)N)cc3)cc2)C1.Cl. The number of amides is 1. The molecule has 1 aliphatic rings. The normalized spacial score (nSPS) is 15.6. The van der Waals surface area contributed by atoms with E-state index in [2.05, 4.69) is 0 Å². The van der Waals surface area contributed by atoms with Gasteiger partial charge in [-0.15, -0.1) is 12.4 Å². The van der Waals surface area contributed by atoms with Crippen molar-refractivity contribution in [3.8, 4) is 16.9 Å². The molecule has 0 spiro atoms. The van der Waals surface area contributed by atoms with Gasteiger partial charge in [-0.1, -0.05) is 36.4 Å². The number of nitrogens with zero attached hydrogens (tertiary/aromatic N) is 1. The van der Waals surface area contributed by atoms with Crippen molar-refractivity contribution in [3.63, 3.8) is 0 Å². The number of benzene rings is 2. The Hall–Kier alpha value is -3.06. The Morgan fingerprint density at radius 2 is 1.70 bits per heavy atom. The van der Waals surface area contributed by atoms with Crippen molar-refractivity contribution < 1.29 is 19.1 Å². The molecular weight excluding hydrogens is 406 g/mol. The minimum atomic E-state index is -0.268. The van der Waals surface area contributed by atoms with Crippen LogP contribution in [0.3, 0.4) is 0 Å². The van der Waals surface area contributed by atoms with Crippen LogP contribution in [-0.2, 0) is 14.3 Å². The van der Waals surface area contributed by atoms with Crippen molar-refractivity contribution in [1.82, 2.24) is 4.90 Å². The van der Waals surface area contributed by atoms with E-state index < -0.39 is 0 Å². The molecule has 1 saturated heterocycles. The van der Waals surface area contributed by atoms with Crippen LogP contribution in [0, 0.1) is 11.3 Å². The van der Waals surface area contributed by atoms with Gasteiger partial charge >= 0.3 is 5.97 Å². The molecular formula is C22H26ClN3O4. The third kappa shape index (κ3) is 5.73. The van der Waals surface area contributed by atoms with E-state index in [4.69, 9.17) is 20.6 Å². The van der Waals surface area contributed by atoms with E-state index in [-0.39, 0.29) is 42.6 Å². The Bertz CT molecular complexity index is 884. The fraction of sp³-hybridized carbons (Fsp3) is 0.318. The van der Waals surface area contributed by atoms with Gasteiger partial charge in [0.15, 0.2) is 6.61 Å². The molecule has 1 aliphatic heterocycles. The number of nitrogens with one attached hydrogen (secondary N) is 1. The standard InChI is InChI=1S/C22H25N3O4.ClH/c1-28-22(27)18-3-2-12-25(13-18)20(26)14-29-19-10-8-16(9-11-19)15-4-6-17(7-5-15)21(23)24;/h4-11,18H,2-3,12-14H2,1H3,(H3,23,24);1H. The van der Waals surface area contributed by atoms with Crippen molar-refractivity contribution in [3.05, 3.63) is 54.1 Å². The Morgan fingerprint density at radius 1 is 1.10 bits per heavy atom. The second-order valence-corrected chi connectivity index (χ2v) is 7.01. The number of hydrogen-bond acceptors (Lipinski definition) is 5. The lowest BCUT2D eigenvalue weighted by molar-refractivity contribution is -0.149. The minimum Gasteiger partial charge on any atom is -0.484 e. The molecule has 3 N–H and O–H groups in total. The summed E-state index contributed by atoms with van der Waals surface area (Å²) in [6, 6.07) is 14.9. The van der Waals surface area contributed by atoms with Crippen molar-refractivity contribution in [1.29, 1.82) is 5.41 Å². The zero-order valence-electron chi connectivity index (χ0n) is 16.8. The quantitative estimate of drug-likeness (QED) is 0.415. The van der Waals surface area contributed by atoms with Crippen molar-refractivity contribution in [2.24, 2.45) is 11.7 Å². The van der Waals surface area contributed by atoms with Gasteiger partial charge in [-0.25, -0.2) is 0 Å². The van der Waals surface area contributed by atoms with Crippen LogP contribution in [0.25, 0.3) is 11.1 Å². The second-order valence-electron chi connectivity index (χ2n) is 7.01. The maximum Gasteiger partial charge on any atom is 0.310 e. The van der Waals surface area contributed by atoms with Gasteiger partial charge in [0, 0.05) is 18.7 Å². The van der Waals surface area contributed by atoms with Crippen molar-refractivity contribution >= 4 is 30.1 Å². The summed E-state index contributed by atoms with van der Waals surface area (Å²) in [6.45, 7) is 0.940. The predicted octanol–water partition coefficient (Wildman–Crippen LogP) is 2.85. The molecule has 7 nitrogen and oxygen atoms in total. The van der Waals surface area contributed by atoms with Crippen LogP contribution in [0.4, 0.5) is 0 Å². The van der Waals surface area contributed by atoms with E-state index in [0.717, 1.165) is 24.0 Å². The van der Waals surface area contributed by atoms with E-state index in [9.17, 15) is 9.59 Å². The van der Waals surface area contributed by atoms with E-state index in [0.29, 0.717) is 24.4 Å². The maximum atomic E-state index is 12.4. The van der Waals surface area contributed by atoms with Gasteiger partial charge < -0.3 is 20.1 Å². The zero-order chi connectivity index (χ0) is 20.8. The molecule has 160 valence electrons. The summed E-state index contributed by atoms with van der Waals surface area (Å²) in [5.74, 6) is -0.0234. The number of hydrogen-bond donors (Lipinski definition) is 2. The van der Waals surface area contributed by atoms with Crippen LogP contribution in [0.1, 0.15) is 18.4 Å². The molecule has 2 aromatic rings. The number of halogens is 1. The molecule has 3 rings (SSSR count). The monoisotopic (exact) mass is 431 g/mol. The summed E-state index contributed by atoms with van der Waals surface area (Å²) in [4.78, 5) is 25.8. The smallest absolute Gasteiger partial charge is 0.310 e. The van der Waals surface area contributed by atoms with E-state index in [1.165, 1.54) is 7.11 Å². The fourth-order valence-electron chi connectivity index (χ4n) is 3.38. The fourth-order valence-corrected chi connectivity index (χ4v) is 3.38. The summed E-state index contributed by atoms with van der Waals surface area (Å²) in [6.07, 6.45) is 1.52. The van der Waals surface area contributed by atoms with Crippen LogP contribution in [0.15, 0.2) is 48.5 Å². The van der Waals surface area contributed by atoms with E-state index >= 15 is 0 Å². The molecule has 0 bridgehead atoms. The molecule has 30 heavy (non-hydrogen) atoms. The molecule has 1 amide bonds. The van der Waals surface area contributed by atoms with Crippen LogP contribution in [-0.4, -0.2) is 49.4 Å². The first-order chi connectivity index (χ1) is 14.0. The van der Waals surface area contributed by atoms with Gasteiger partial charge in [0.05, 0.1) is 13.0 Å². The molecule has 1 unspecified atom stereocenters. The van der Waals surface area contributed by atoms with Crippen LogP contribution in [0.2, 0.25) is 0 Å². The molecule has 1 heterocycles. The molecule has 2 aromatic carbocycles. The summed E-state index contributed by atoms with van der Waals surface area (Å²) >= 11 is 0. The van der Waals surface area contributed by atoms with Gasteiger partial charge in [0.2, 0.25) is 0 Å². The predicted molar refractivity (Wildman–Crippen MR) is 117 cm³/mol. The number of esters is 1. The summed E-state index contributed by atoms with van der Waals surface area (Å²) < 4.78 is 10.4. The first-order valence-electron chi connectivity index (χ1n) is 9.51. The van der Waals surface area contributed by atoms with Gasteiger partial charge in [0.25, 0.3) is 5.91 Å². The number of nitrogen functional groups attached to an aromatic ring is 1. The highest BCUT2D eigenvalue weighted by molar-refractivity contribution is 5.95. The lowest BCUT2D eigenvalue weighted by Crippen LogP contribution is -2.44. The second kappa shape index (κ2) is 10.6. The van der Waals surface area contributed by atoms with E-state index in [1.54, 1.807) is 17.0 Å². The Morgan fingerprint density at radius 3 is 2.27 bits per heavy atom. The van der Waals surface area contributed by atoms with E-state index in [1.807, 2.05) is 36.4 Å². The number of likely N-dealkylation sites (tertiary alicyclic amines) is 1. The molecule has 0 aliphatic carbocycles. The van der Waals surface area contributed by atoms with Crippen LogP contribution >= 0.6 is 12.4 Å². The largest absolute Gasteiger partial charge is 0.484 e. The maximum absolute atomic E-state index is 12.4. The Balaban J connectivity index is 0.00000320. The van der Waals surface area contributed by atoms with Gasteiger partial charge in [-0.2, -0.15) is 0 Å². The highest BCUT2D eigenvalue weighted by atomic mass is 35.5. The topological polar surface area (TPSA) is 106 Å². The summed E-state index contributed by atoms with van der Waals surface area (Å²) in [5.41, 5.74) is 8.15. The third-order valence-corrected chi connectivity index (χ3v) is 5.05. The lowest BCUT2D eigenvalue weighted by atomic mass is 9.98. The number of carbonyl (C=O) groups excluding carboxylic acids is 2. The average Bonchev–Trinajstić information content (AvgIpc) is 2.77. The number of piperidine rings is 1. The van der Waals surface area contributed by atoms with Gasteiger partial charge in [-0.3, -0.25) is 15.0 Å². The zero-order valence-corrected chi connectivity index (χ0v) is 17.6. The van der Waals surface area contributed by atoms with Gasteiger partial charge in [-0.05, 0) is 36.1 Å². The minimum absolute atomic E-state index is 0. The number of carbonyl (C=O) groups is 2. The number of amidine groups is 1. The van der Waals surface area contributed by atoms with Crippen LogP contribution in [0.5, 0.6) is 5.75 Å². The molecule has 8 heteroatoms. The Kier molecular flexibility index (Phi) is 8.24. The lowest BCUT2D eigenvalue weighted by Gasteiger charge is -2.31. The van der Waals surface area contributed by atoms with Gasteiger partial charge in [0.1, 0.15) is 11.6 Å². The first kappa shape index (κ1) is 23.2. The highest BCUT2D eigenvalue weighted by Gasteiger charge is 2.29. The number of ether oxygens (including phenoxy) is 2. The number of methoxy groups -OCH3 is 1. The van der Waals surface area contributed by atoms with Crippen molar-refractivity contribution in [2.45, 2.75) is 12.8 Å². The number of nitrogens with two attached hydrogens (primary N) is 1. The molecule has 1 atom stereocenters. The number of rotatable bonds is 6.